The van der Waals surface area contributed by atoms with Crippen LogP contribution in [0.4, 0.5) is 5.69 Å². The molecule has 1 aromatic carbocycles. The van der Waals surface area contributed by atoms with Crippen LogP contribution in [-0.4, -0.2) is 12.8 Å². The van der Waals surface area contributed by atoms with Crippen LogP contribution in [0.5, 0.6) is 0 Å². The monoisotopic (exact) mass is 205 g/mol. The van der Waals surface area contributed by atoms with Gasteiger partial charge in [-0.1, -0.05) is 45.3 Å². The quantitative estimate of drug-likeness (QED) is 0.423. The maximum Gasteiger partial charge on any atom is 0.271 e. The SMILES string of the molecule is CC(C)C.[B]Cc1ccccc1[N+](=O)[O-]. The van der Waals surface area contributed by atoms with E-state index in [1.54, 1.807) is 18.2 Å². The van der Waals surface area contributed by atoms with Crippen molar-refractivity contribution >= 4 is 13.5 Å². The van der Waals surface area contributed by atoms with Crippen molar-refractivity contribution in [2.45, 2.75) is 27.1 Å². The summed E-state index contributed by atoms with van der Waals surface area (Å²) in [6.07, 6.45) is 0.206. The average Bonchev–Trinajstić information content (AvgIpc) is 2.16. The van der Waals surface area contributed by atoms with Gasteiger partial charge in [0, 0.05) is 11.6 Å². The largest absolute Gasteiger partial charge is 0.271 e. The Morgan fingerprint density at radius 1 is 1.33 bits per heavy atom. The molecule has 0 unspecified atom stereocenters. The van der Waals surface area contributed by atoms with Crippen LogP contribution in [0.2, 0.25) is 0 Å². The van der Waals surface area contributed by atoms with E-state index in [-0.39, 0.29) is 12.0 Å². The van der Waals surface area contributed by atoms with E-state index >= 15 is 0 Å². The Labute approximate surface area is 92.1 Å². The van der Waals surface area contributed by atoms with Crippen molar-refractivity contribution in [3.8, 4) is 0 Å². The Morgan fingerprint density at radius 2 is 1.80 bits per heavy atom. The lowest BCUT2D eigenvalue weighted by atomic mass is 9.96. The van der Waals surface area contributed by atoms with Crippen LogP contribution in [-0.2, 0) is 6.32 Å². The van der Waals surface area contributed by atoms with Crippen LogP contribution in [0.3, 0.4) is 0 Å². The van der Waals surface area contributed by atoms with Crippen LogP contribution < -0.4 is 0 Å². The number of nitrogens with zero attached hydrogens (tertiary/aromatic N) is 1. The molecular formula is C11H16BNO2. The molecule has 80 valence electrons. The number of benzene rings is 1. The molecule has 3 nitrogen and oxygen atoms in total. The molecule has 0 spiro atoms. The van der Waals surface area contributed by atoms with Crippen LogP contribution in [0.15, 0.2) is 24.3 Å². The lowest BCUT2D eigenvalue weighted by Crippen LogP contribution is -1.94. The molecule has 0 N–H and O–H groups in total. The molecule has 0 saturated carbocycles. The summed E-state index contributed by atoms with van der Waals surface area (Å²) in [7, 11) is 5.28. The zero-order valence-electron chi connectivity index (χ0n) is 9.43. The third kappa shape index (κ3) is 5.89. The summed E-state index contributed by atoms with van der Waals surface area (Å²) < 4.78 is 0. The molecule has 15 heavy (non-hydrogen) atoms. The standard InChI is InChI=1S/C7H6BNO2.C4H10/c8-5-6-3-1-2-4-7(6)9(10)11;1-4(2)3/h1-4H,5H2;4H,1-3H3. The molecule has 0 bridgehead atoms. The fourth-order valence-corrected chi connectivity index (χ4v) is 0.862. The number of hydrogen-bond donors (Lipinski definition) is 0. The molecule has 0 atom stereocenters. The molecule has 0 heterocycles. The highest BCUT2D eigenvalue weighted by Gasteiger charge is 2.08. The summed E-state index contributed by atoms with van der Waals surface area (Å²) in [6.45, 7) is 6.50. The van der Waals surface area contributed by atoms with Gasteiger partial charge in [-0.2, -0.15) is 0 Å². The number of nitro groups is 1. The van der Waals surface area contributed by atoms with E-state index in [9.17, 15) is 10.1 Å². The second kappa shape index (κ2) is 7.04. The number of rotatable bonds is 2. The Kier molecular flexibility index (Phi) is 6.42. The smallest absolute Gasteiger partial charge is 0.258 e. The minimum absolute atomic E-state index is 0.0926. The van der Waals surface area contributed by atoms with Gasteiger partial charge in [-0.15, -0.1) is 0 Å². The van der Waals surface area contributed by atoms with Crippen LogP contribution in [0.1, 0.15) is 26.3 Å². The van der Waals surface area contributed by atoms with Gasteiger partial charge < -0.3 is 0 Å². The first kappa shape index (κ1) is 13.7. The molecule has 0 aliphatic heterocycles. The van der Waals surface area contributed by atoms with E-state index in [1.807, 2.05) is 0 Å². The van der Waals surface area contributed by atoms with Crippen LogP contribution in [0.25, 0.3) is 0 Å². The highest BCUT2D eigenvalue weighted by Crippen LogP contribution is 2.16. The lowest BCUT2D eigenvalue weighted by Gasteiger charge is -1.96. The van der Waals surface area contributed by atoms with E-state index in [2.05, 4.69) is 20.8 Å². The minimum atomic E-state index is -0.428. The number of hydrogen-bond acceptors (Lipinski definition) is 2. The molecule has 2 radical (unpaired) electrons. The Balaban J connectivity index is 0.000000423. The first-order valence-electron chi connectivity index (χ1n) is 4.91. The summed E-state index contributed by atoms with van der Waals surface area (Å²) in [6, 6.07) is 6.45. The molecule has 4 heteroatoms. The second-order valence-corrected chi connectivity index (χ2v) is 3.82. The molecule has 1 rings (SSSR count). The van der Waals surface area contributed by atoms with Crippen molar-refractivity contribution in [1.29, 1.82) is 0 Å². The summed E-state index contributed by atoms with van der Waals surface area (Å²) in [5.41, 5.74) is 0.660. The molecule has 0 aliphatic rings. The number of nitro benzene ring substituents is 1. The molecule has 1 aromatic rings. The number of para-hydroxylation sites is 1. The van der Waals surface area contributed by atoms with Crippen molar-refractivity contribution in [2.24, 2.45) is 5.92 Å². The highest BCUT2D eigenvalue weighted by atomic mass is 16.6. The van der Waals surface area contributed by atoms with Crippen molar-refractivity contribution in [1.82, 2.24) is 0 Å². The van der Waals surface area contributed by atoms with E-state index < -0.39 is 4.92 Å². The molecule has 0 aliphatic carbocycles. The maximum absolute atomic E-state index is 10.3. The van der Waals surface area contributed by atoms with Gasteiger partial charge in [0.05, 0.1) is 12.8 Å². The van der Waals surface area contributed by atoms with Crippen LogP contribution >= 0.6 is 0 Å². The average molecular weight is 205 g/mol. The van der Waals surface area contributed by atoms with E-state index in [4.69, 9.17) is 7.85 Å². The summed E-state index contributed by atoms with van der Waals surface area (Å²) in [4.78, 5) is 9.90. The second-order valence-electron chi connectivity index (χ2n) is 3.82. The van der Waals surface area contributed by atoms with Gasteiger partial charge in [-0.3, -0.25) is 10.1 Å². The maximum atomic E-state index is 10.3. The highest BCUT2D eigenvalue weighted by molar-refractivity contribution is 6.08. The zero-order valence-corrected chi connectivity index (χ0v) is 9.43. The third-order valence-electron chi connectivity index (χ3n) is 1.41. The van der Waals surface area contributed by atoms with Crippen molar-refractivity contribution in [3.63, 3.8) is 0 Å². The topological polar surface area (TPSA) is 43.1 Å². The zero-order chi connectivity index (χ0) is 11.8. The third-order valence-corrected chi connectivity index (χ3v) is 1.41. The molecular weight excluding hydrogens is 189 g/mol. The Bertz CT molecular complexity index is 310. The summed E-state index contributed by atoms with van der Waals surface area (Å²) in [5, 5.41) is 10.3. The summed E-state index contributed by atoms with van der Waals surface area (Å²) in [5.74, 6) is 0.833. The molecule has 0 aromatic heterocycles. The van der Waals surface area contributed by atoms with Crippen molar-refractivity contribution < 1.29 is 4.92 Å². The molecule has 0 fully saturated rings. The van der Waals surface area contributed by atoms with Crippen molar-refractivity contribution in [2.75, 3.05) is 0 Å². The first-order chi connectivity index (χ1) is 6.99. The van der Waals surface area contributed by atoms with Gasteiger partial charge in [0.1, 0.15) is 0 Å². The molecule has 0 saturated heterocycles. The fourth-order valence-electron chi connectivity index (χ4n) is 0.862. The fraction of sp³-hybridized carbons (Fsp3) is 0.455. The minimum Gasteiger partial charge on any atom is -0.258 e. The van der Waals surface area contributed by atoms with E-state index in [0.717, 1.165) is 5.92 Å². The summed E-state index contributed by atoms with van der Waals surface area (Å²) >= 11 is 0. The lowest BCUT2D eigenvalue weighted by molar-refractivity contribution is -0.385. The Morgan fingerprint density at radius 3 is 2.13 bits per heavy atom. The van der Waals surface area contributed by atoms with Gasteiger partial charge >= 0.3 is 0 Å². The van der Waals surface area contributed by atoms with Gasteiger partial charge in [0.15, 0.2) is 0 Å². The predicted molar refractivity (Wildman–Crippen MR) is 63.1 cm³/mol. The van der Waals surface area contributed by atoms with E-state index in [1.165, 1.54) is 6.07 Å². The first-order valence-corrected chi connectivity index (χ1v) is 4.91. The van der Waals surface area contributed by atoms with Crippen molar-refractivity contribution in [3.05, 3.63) is 39.9 Å². The Hall–Kier alpha value is -1.32. The predicted octanol–water partition coefficient (Wildman–Crippen LogP) is 2.93. The van der Waals surface area contributed by atoms with Gasteiger partial charge in [0.2, 0.25) is 0 Å². The van der Waals surface area contributed by atoms with Gasteiger partial charge in [0.25, 0.3) is 5.69 Å². The van der Waals surface area contributed by atoms with E-state index in [0.29, 0.717) is 5.56 Å². The van der Waals surface area contributed by atoms with Crippen LogP contribution in [0, 0.1) is 16.0 Å². The van der Waals surface area contributed by atoms with Gasteiger partial charge in [-0.25, -0.2) is 0 Å². The molecule has 0 amide bonds. The van der Waals surface area contributed by atoms with Gasteiger partial charge in [-0.05, 0) is 5.92 Å². The normalized spacial score (nSPS) is 9.33.